The van der Waals surface area contributed by atoms with E-state index < -0.39 is 0 Å². The van der Waals surface area contributed by atoms with Crippen LogP contribution in [0.1, 0.15) is 24.2 Å². The first-order valence-electron chi connectivity index (χ1n) is 8.38. The minimum absolute atomic E-state index is 0.0969. The number of piperidine rings is 1. The zero-order chi connectivity index (χ0) is 17.1. The first-order valence-corrected chi connectivity index (χ1v) is 8.38. The molecule has 6 heteroatoms. The molecule has 0 radical (unpaired) electrons. The van der Waals surface area contributed by atoms with Crippen LogP contribution in [-0.4, -0.2) is 45.5 Å². The molecule has 0 atom stereocenters. The molecule has 128 valence electrons. The maximum absolute atomic E-state index is 12.6. The Hall–Kier alpha value is -2.34. The topological polar surface area (TPSA) is 70.4 Å². The van der Waals surface area contributed by atoms with Crippen LogP contribution >= 0.6 is 0 Å². The zero-order valence-corrected chi connectivity index (χ0v) is 14.2. The normalized spacial score (nSPS) is 15.5. The lowest BCUT2D eigenvalue weighted by molar-refractivity contribution is 0.143. The summed E-state index contributed by atoms with van der Waals surface area (Å²) in [6.07, 6.45) is 1.70. The number of hydrogen-bond acceptors (Lipinski definition) is 3. The molecule has 0 aliphatic carbocycles. The fourth-order valence-electron chi connectivity index (χ4n) is 3.15. The van der Waals surface area contributed by atoms with Gasteiger partial charge in [-0.05, 0) is 50.8 Å². The first-order chi connectivity index (χ1) is 11.6. The summed E-state index contributed by atoms with van der Waals surface area (Å²) in [6, 6.07) is 9.60. The van der Waals surface area contributed by atoms with Crippen LogP contribution in [0.2, 0.25) is 0 Å². The second kappa shape index (κ2) is 7.05. The maximum atomic E-state index is 12.6. The van der Waals surface area contributed by atoms with Crippen molar-refractivity contribution >= 4 is 11.7 Å². The number of aliphatic hydroxyl groups is 1. The summed E-state index contributed by atoms with van der Waals surface area (Å²) in [5.74, 6) is 0.316. The molecule has 2 heterocycles. The molecule has 0 unspecified atom stereocenters. The first kappa shape index (κ1) is 16.5. The van der Waals surface area contributed by atoms with Gasteiger partial charge in [0.2, 0.25) is 0 Å². The van der Waals surface area contributed by atoms with Crippen LogP contribution in [0.3, 0.4) is 0 Å². The van der Waals surface area contributed by atoms with Crippen LogP contribution in [0, 0.1) is 19.8 Å². The van der Waals surface area contributed by atoms with Crippen molar-refractivity contribution < 1.29 is 9.90 Å². The van der Waals surface area contributed by atoms with E-state index in [4.69, 9.17) is 0 Å². The highest BCUT2D eigenvalue weighted by Crippen LogP contribution is 2.23. The van der Waals surface area contributed by atoms with Gasteiger partial charge in [-0.25, -0.2) is 9.48 Å². The Labute approximate surface area is 142 Å². The highest BCUT2D eigenvalue weighted by Gasteiger charge is 2.23. The molecule has 0 bridgehead atoms. The van der Waals surface area contributed by atoms with Gasteiger partial charge in [0.25, 0.3) is 0 Å². The number of likely N-dealkylation sites (tertiary alicyclic amines) is 1. The second-order valence-electron chi connectivity index (χ2n) is 6.40. The summed E-state index contributed by atoms with van der Waals surface area (Å²) in [7, 11) is 0. The minimum Gasteiger partial charge on any atom is -0.396 e. The number of urea groups is 1. The third kappa shape index (κ3) is 3.43. The number of benzene rings is 1. The zero-order valence-electron chi connectivity index (χ0n) is 14.2. The lowest BCUT2D eigenvalue weighted by atomic mass is 9.98. The van der Waals surface area contributed by atoms with Crippen molar-refractivity contribution in [2.45, 2.75) is 26.7 Å². The van der Waals surface area contributed by atoms with Gasteiger partial charge in [0.05, 0.1) is 17.1 Å². The third-order valence-electron chi connectivity index (χ3n) is 4.54. The number of para-hydroxylation sites is 2. The predicted molar refractivity (Wildman–Crippen MR) is 93.4 cm³/mol. The summed E-state index contributed by atoms with van der Waals surface area (Å²) >= 11 is 0. The SMILES string of the molecule is Cc1cc(C)n(-c2ccccc2NC(=O)N2CCC(CO)CC2)n1. The number of aromatic nitrogens is 2. The summed E-state index contributed by atoms with van der Waals surface area (Å²) in [4.78, 5) is 14.4. The van der Waals surface area contributed by atoms with Crippen molar-refractivity contribution in [1.29, 1.82) is 0 Å². The van der Waals surface area contributed by atoms with Gasteiger partial charge in [0.1, 0.15) is 0 Å². The van der Waals surface area contributed by atoms with E-state index in [1.165, 1.54) is 0 Å². The predicted octanol–water partition coefficient (Wildman–Crippen LogP) is 2.73. The average Bonchev–Trinajstić information content (AvgIpc) is 2.93. The number of carbonyl (C=O) groups is 1. The Morgan fingerprint density at radius 3 is 2.62 bits per heavy atom. The number of nitrogens with zero attached hydrogens (tertiary/aromatic N) is 3. The number of nitrogens with one attached hydrogen (secondary N) is 1. The number of amides is 2. The second-order valence-corrected chi connectivity index (χ2v) is 6.40. The van der Waals surface area contributed by atoms with Crippen LogP contribution in [0.5, 0.6) is 0 Å². The van der Waals surface area contributed by atoms with Crippen molar-refractivity contribution in [3.63, 3.8) is 0 Å². The molecule has 1 fully saturated rings. The molecule has 2 N–H and O–H groups in total. The smallest absolute Gasteiger partial charge is 0.321 e. The van der Waals surface area contributed by atoms with E-state index in [1.54, 1.807) is 0 Å². The number of aliphatic hydroxyl groups excluding tert-OH is 1. The quantitative estimate of drug-likeness (QED) is 0.910. The molecule has 3 rings (SSSR count). The van der Waals surface area contributed by atoms with Gasteiger partial charge in [-0.3, -0.25) is 0 Å². The number of aryl methyl sites for hydroxylation is 2. The highest BCUT2D eigenvalue weighted by molar-refractivity contribution is 5.91. The van der Waals surface area contributed by atoms with Gasteiger partial charge in [0, 0.05) is 25.4 Å². The standard InChI is InChI=1S/C18H24N4O2/c1-13-11-14(2)22(20-13)17-6-4-3-5-16(17)19-18(24)21-9-7-15(12-23)8-10-21/h3-6,11,15,23H,7-10,12H2,1-2H3,(H,19,24). The molecule has 0 saturated carbocycles. The lowest BCUT2D eigenvalue weighted by Gasteiger charge is -2.31. The fraction of sp³-hybridized carbons (Fsp3) is 0.444. The van der Waals surface area contributed by atoms with E-state index in [-0.39, 0.29) is 12.6 Å². The van der Waals surface area contributed by atoms with Crippen LogP contribution in [0.15, 0.2) is 30.3 Å². The van der Waals surface area contributed by atoms with Crippen LogP contribution in [-0.2, 0) is 0 Å². The Kier molecular flexibility index (Phi) is 4.85. The van der Waals surface area contributed by atoms with Crippen molar-refractivity contribution in [3.8, 4) is 5.69 Å². The monoisotopic (exact) mass is 328 g/mol. The summed E-state index contributed by atoms with van der Waals surface area (Å²) in [5, 5.41) is 16.7. The Bertz CT molecular complexity index is 718. The van der Waals surface area contributed by atoms with Gasteiger partial charge in [-0.15, -0.1) is 0 Å². The summed E-state index contributed by atoms with van der Waals surface area (Å²) in [6.45, 7) is 5.52. The van der Waals surface area contributed by atoms with E-state index in [0.29, 0.717) is 19.0 Å². The van der Waals surface area contributed by atoms with E-state index in [2.05, 4.69) is 10.4 Å². The Morgan fingerprint density at radius 1 is 1.29 bits per heavy atom. The molecule has 1 aromatic heterocycles. The summed E-state index contributed by atoms with van der Waals surface area (Å²) < 4.78 is 1.85. The number of carbonyl (C=O) groups excluding carboxylic acids is 1. The van der Waals surface area contributed by atoms with Gasteiger partial charge in [-0.1, -0.05) is 12.1 Å². The molecule has 1 aromatic carbocycles. The molecule has 1 aliphatic rings. The highest BCUT2D eigenvalue weighted by atomic mass is 16.3. The van der Waals surface area contributed by atoms with Crippen molar-refractivity contribution in [2.24, 2.45) is 5.92 Å². The fourth-order valence-corrected chi connectivity index (χ4v) is 3.15. The Balaban J connectivity index is 1.76. The van der Waals surface area contributed by atoms with E-state index >= 15 is 0 Å². The number of rotatable bonds is 3. The summed E-state index contributed by atoms with van der Waals surface area (Å²) in [5.41, 5.74) is 3.58. The molecule has 24 heavy (non-hydrogen) atoms. The molecular formula is C18H24N4O2. The van der Waals surface area contributed by atoms with Gasteiger partial charge >= 0.3 is 6.03 Å². The lowest BCUT2D eigenvalue weighted by Crippen LogP contribution is -2.41. The van der Waals surface area contributed by atoms with Crippen molar-refractivity contribution in [1.82, 2.24) is 14.7 Å². The molecule has 2 aromatic rings. The van der Waals surface area contributed by atoms with Crippen LogP contribution in [0.4, 0.5) is 10.5 Å². The molecule has 6 nitrogen and oxygen atoms in total. The molecule has 1 aliphatic heterocycles. The van der Waals surface area contributed by atoms with Crippen LogP contribution < -0.4 is 5.32 Å². The third-order valence-corrected chi connectivity index (χ3v) is 4.54. The Morgan fingerprint density at radius 2 is 2.00 bits per heavy atom. The molecule has 0 spiro atoms. The van der Waals surface area contributed by atoms with E-state index in [1.807, 2.05) is 53.8 Å². The van der Waals surface area contributed by atoms with Gasteiger partial charge < -0.3 is 15.3 Å². The maximum Gasteiger partial charge on any atom is 0.321 e. The van der Waals surface area contributed by atoms with Crippen molar-refractivity contribution in [3.05, 3.63) is 41.7 Å². The molecule has 1 saturated heterocycles. The molecule has 2 amide bonds. The van der Waals surface area contributed by atoms with E-state index in [0.717, 1.165) is 35.6 Å². The van der Waals surface area contributed by atoms with Crippen molar-refractivity contribution in [2.75, 3.05) is 25.0 Å². The number of hydrogen-bond donors (Lipinski definition) is 2. The number of anilines is 1. The average molecular weight is 328 g/mol. The molecular weight excluding hydrogens is 304 g/mol. The minimum atomic E-state index is -0.0969. The largest absolute Gasteiger partial charge is 0.396 e. The van der Waals surface area contributed by atoms with Crippen LogP contribution in [0.25, 0.3) is 5.69 Å². The van der Waals surface area contributed by atoms with Gasteiger partial charge in [0.15, 0.2) is 0 Å². The van der Waals surface area contributed by atoms with E-state index in [9.17, 15) is 9.90 Å². The van der Waals surface area contributed by atoms with Gasteiger partial charge in [-0.2, -0.15) is 5.10 Å².